The summed E-state index contributed by atoms with van der Waals surface area (Å²) in [6.45, 7) is -2.68. The number of nitro groups is 1. The molecule has 1 aromatic heterocycles. The number of anilines is 1. The molecule has 1 aromatic carbocycles. The van der Waals surface area contributed by atoms with Crippen molar-refractivity contribution in [2.24, 2.45) is 0 Å². The molecule has 6 nitrogen and oxygen atoms in total. The Morgan fingerprint density at radius 2 is 2.14 bits per heavy atom. The molecular weight excluding hydrogens is 411 g/mol. The SMILES string of the molecule is O=[N+]([O-])c1cc(I)ccc1NCc1ccc(OC(F)F)cn1. The van der Waals surface area contributed by atoms with Crippen molar-refractivity contribution < 1.29 is 18.4 Å². The minimum atomic E-state index is -2.90. The molecule has 0 amide bonds. The number of nitro benzene ring substituents is 1. The van der Waals surface area contributed by atoms with Crippen LogP contribution in [-0.4, -0.2) is 16.5 Å². The van der Waals surface area contributed by atoms with Crippen LogP contribution in [0.5, 0.6) is 5.75 Å². The normalized spacial score (nSPS) is 10.5. The fourth-order valence-electron chi connectivity index (χ4n) is 1.68. The average Bonchev–Trinajstić information content (AvgIpc) is 2.46. The van der Waals surface area contributed by atoms with Crippen LogP contribution in [-0.2, 0) is 6.54 Å². The lowest BCUT2D eigenvalue weighted by Gasteiger charge is -2.08. The number of halogens is 3. The molecule has 2 rings (SSSR count). The van der Waals surface area contributed by atoms with E-state index in [0.717, 1.165) is 3.57 Å². The number of benzene rings is 1. The second-order valence-corrected chi connectivity index (χ2v) is 5.38. The van der Waals surface area contributed by atoms with Crippen LogP contribution in [0, 0.1) is 13.7 Å². The van der Waals surface area contributed by atoms with Crippen LogP contribution < -0.4 is 10.1 Å². The lowest BCUT2D eigenvalue weighted by Crippen LogP contribution is -2.05. The summed E-state index contributed by atoms with van der Waals surface area (Å²) in [6, 6.07) is 7.66. The highest BCUT2D eigenvalue weighted by molar-refractivity contribution is 14.1. The fraction of sp³-hybridized carbons (Fsp3) is 0.154. The summed E-state index contributed by atoms with van der Waals surface area (Å²) in [7, 11) is 0. The lowest BCUT2D eigenvalue weighted by molar-refractivity contribution is -0.384. The highest BCUT2D eigenvalue weighted by Crippen LogP contribution is 2.26. The Balaban J connectivity index is 2.05. The summed E-state index contributed by atoms with van der Waals surface area (Å²) in [5.74, 6) is -0.0426. The number of hydrogen-bond donors (Lipinski definition) is 1. The Hall–Kier alpha value is -2.04. The van der Waals surface area contributed by atoms with Crippen LogP contribution in [0.1, 0.15) is 5.69 Å². The van der Waals surface area contributed by atoms with Crippen molar-refractivity contribution in [2.75, 3.05) is 5.32 Å². The van der Waals surface area contributed by atoms with E-state index < -0.39 is 11.5 Å². The van der Waals surface area contributed by atoms with Crippen molar-refractivity contribution in [3.05, 3.63) is 55.9 Å². The summed E-state index contributed by atoms with van der Waals surface area (Å²) < 4.78 is 29.0. The number of ether oxygens (including phenoxy) is 1. The van der Waals surface area contributed by atoms with Gasteiger partial charge in [0.05, 0.1) is 23.4 Å². The van der Waals surface area contributed by atoms with Crippen molar-refractivity contribution in [3.63, 3.8) is 0 Å². The molecule has 0 aliphatic rings. The minimum Gasteiger partial charge on any atom is -0.433 e. The molecule has 0 bridgehead atoms. The highest BCUT2D eigenvalue weighted by Gasteiger charge is 2.14. The lowest BCUT2D eigenvalue weighted by atomic mass is 10.2. The Kier molecular flexibility index (Phi) is 5.41. The third kappa shape index (κ3) is 4.48. The molecule has 1 N–H and O–H groups in total. The number of nitrogens with one attached hydrogen (secondary N) is 1. The molecule has 0 unspecified atom stereocenters. The first-order valence-electron chi connectivity index (χ1n) is 6.03. The molecule has 0 aliphatic carbocycles. The van der Waals surface area contributed by atoms with Crippen LogP contribution in [0.4, 0.5) is 20.2 Å². The zero-order valence-electron chi connectivity index (χ0n) is 11.0. The van der Waals surface area contributed by atoms with Gasteiger partial charge in [-0.1, -0.05) is 0 Å². The van der Waals surface area contributed by atoms with Gasteiger partial charge >= 0.3 is 6.61 Å². The third-order valence-corrected chi connectivity index (χ3v) is 3.31. The molecule has 0 fully saturated rings. The summed E-state index contributed by atoms with van der Waals surface area (Å²) >= 11 is 1.99. The first kappa shape index (κ1) is 16.3. The van der Waals surface area contributed by atoms with Gasteiger partial charge in [-0.15, -0.1) is 0 Å². The molecule has 0 spiro atoms. The first-order valence-corrected chi connectivity index (χ1v) is 7.11. The number of hydrogen-bond acceptors (Lipinski definition) is 5. The zero-order chi connectivity index (χ0) is 16.1. The molecular formula is C13H10F2IN3O3. The van der Waals surface area contributed by atoms with Crippen LogP contribution in [0.3, 0.4) is 0 Å². The van der Waals surface area contributed by atoms with Gasteiger partial charge < -0.3 is 10.1 Å². The van der Waals surface area contributed by atoms with E-state index in [9.17, 15) is 18.9 Å². The molecule has 0 atom stereocenters. The Morgan fingerprint density at radius 3 is 2.73 bits per heavy atom. The standard InChI is InChI=1S/C13H10F2IN3O3/c14-13(15)22-10-3-2-9(17-7-10)6-18-11-4-1-8(16)5-12(11)19(20)21/h1-5,7,13,18H,6H2. The van der Waals surface area contributed by atoms with E-state index in [1.807, 2.05) is 22.6 Å². The fourth-order valence-corrected chi connectivity index (χ4v) is 2.15. The van der Waals surface area contributed by atoms with E-state index >= 15 is 0 Å². The maximum absolute atomic E-state index is 12.0. The predicted molar refractivity (Wildman–Crippen MR) is 84.0 cm³/mol. The maximum Gasteiger partial charge on any atom is 0.387 e. The van der Waals surface area contributed by atoms with E-state index in [1.165, 1.54) is 24.4 Å². The minimum absolute atomic E-state index is 0.0375. The number of nitrogens with zero attached hydrogens (tertiary/aromatic N) is 2. The van der Waals surface area contributed by atoms with Crippen molar-refractivity contribution in [3.8, 4) is 5.75 Å². The number of alkyl halides is 2. The largest absolute Gasteiger partial charge is 0.433 e. The molecule has 9 heteroatoms. The average molecular weight is 421 g/mol. The summed E-state index contributed by atoms with van der Waals surface area (Å²) in [5, 5.41) is 13.9. The smallest absolute Gasteiger partial charge is 0.387 e. The molecule has 116 valence electrons. The van der Waals surface area contributed by atoms with Gasteiger partial charge in [0.2, 0.25) is 0 Å². The van der Waals surface area contributed by atoms with Gasteiger partial charge in [-0.05, 0) is 46.9 Å². The monoisotopic (exact) mass is 421 g/mol. The third-order valence-electron chi connectivity index (χ3n) is 2.64. The molecule has 0 saturated heterocycles. The van der Waals surface area contributed by atoms with Crippen molar-refractivity contribution in [1.29, 1.82) is 0 Å². The van der Waals surface area contributed by atoms with Gasteiger partial charge in [-0.3, -0.25) is 15.1 Å². The van der Waals surface area contributed by atoms with Crippen molar-refractivity contribution in [1.82, 2.24) is 4.98 Å². The first-order chi connectivity index (χ1) is 10.5. The number of aromatic nitrogens is 1. The van der Waals surface area contributed by atoms with E-state index in [4.69, 9.17) is 0 Å². The van der Waals surface area contributed by atoms with Crippen molar-refractivity contribution in [2.45, 2.75) is 13.2 Å². The quantitative estimate of drug-likeness (QED) is 0.436. The van der Waals surface area contributed by atoms with Crippen LogP contribution in [0.15, 0.2) is 36.5 Å². The van der Waals surface area contributed by atoms with Gasteiger partial charge in [0.15, 0.2) is 0 Å². The van der Waals surface area contributed by atoms with Gasteiger partial charge in [0.1, 0.15) is 11.4 Å². The highest BCUT2D eigenvalue weighted by atomic mass is 127. The molecule has 22 heavy (non-hydrogen) atoms. The Labute approximate surface area is 137 Å². The molecule has 0 aliphatic heterocycles. The van der Waals surface area contributed by atoms with Crippen LogP contribution in [0.25, 0.3) is 0 Å². The predicted octanol–water partition coefficient (Wildman–Crippen LogP) is 3.81. The van der Waals surface area contributed by atoms with Gasteiger partial charge in [0, 0.05) is 9.64 Å². The Morgan fingerprint density at radius 1 is 1.36 bits per heavy atom. The van der Waals surface area contributed by atoms with E-state index in [1.54, 1.807) is 12.1 Å². The summed E-state index contributed by atoms with van der Waals surface area (Å²) in [4.78, 5) is 14.5. The second-order valence-electron chi connectivity index (χ2n) is 4.14. The van der Waals surface area contributed by atoms with Crippen LogP contribution >= 0.6 is 22.6 Å². The van der Waals surface area contributed by atoms with Gasteiger partial charge in [-0.2, -0.15) is 8.78 Å². The topological polar surface area (TPSA) is 77.3 Å². The van der Waals surface area contributed by atoms with E-state index in [0.29, 0.717) is 11.4 Å². The Bertz CT molecular complexity index is 668. The van der Waals surface area contributed by atoms with E-state index in [2.05, 4.69) is 15.0 Å². The van der Waals surface area contributed by atoms with Crippen molar-refractivity contribution >= 4 is 34.0 Å². The van der Waals surface area contributed by atoms with E-state index in [-0.39, 0.29) is 18.0 Å². The van der Waals surface area contributed by atoms with Crippen LogP contribution in [0.2, 0.25) is 0 Å². The zero-order valence-corrected chi connectivity index (χ0v) is 13.2. The van der Waals surface area contributed by atoms with Gasteiger partial charge in [-0.25, -0.2) is 0 Å². The number of rotatable bonds is 6. The summed E-state index contributed by atoms with van der Waals surface area (Å²) in [6.07, 6.45) is 1.17. The molecule has 0 radical (unpaired) electrons. The number of pyridine rings is 1. The molecule has 1 heterocycles. The molecule has 2 aromatic rings. The maximum atomic E-state index is 12.0. The van der Waals surface area contributed by atoms with Gasteiger partial charge in [0.25, 0.3) is 5.69 Å². The second kappa shape index (κ2) is 7.29. The summed E-state index contributed by atoms with van der Waals surface area (Å²) in [5.41, 5.74) is 0.860. The molecule has 0 saturated carbocycles.